The molecule has 0 saturated carbocycles. The predicted octanol–water partition coefficient (Wildman–Crippen LogP) is 4.99. The van der Waals surface area contributed by atoms with E-state index in [1.807, 2.05) is 18.2 Å². The Morgan fingerprint density at radius 1 is 0.897 bits per heavy atom. The first kappa shape index (κ1) is 18.7. The molecule has 2 N–H and O–H groups in total. The lowest BCUT2D eigenvalue weighted by molar-refractivity contribution is 0.262. The van der Waals surface area contributed by atoms with Crippen LogP contribution in [0, 0.1) is 6.92 Å². The molecular weight excluding hydrogens is 388 g/mol. The van der Waals surface area contributed by atoms with Crippen LogP contribution in [0.5, 0.6) is 0 Å². The zero-order valence-corrected chi connectivity index (χ0v) is 16.3. The Balaban J connectivity index is 1.55. The van der Waals surface area contributed by atoms with Crippen LogP contribution in [0.4, 0.5) is 16.2 Å². The number of aromatic nitrogens is 2. The van der Waals surface area contributed by atoms with Crippen molar-refractivity contribution in [3.63, 3.8) is 0 Å². The number of nitrogens with zero attached hydrogens (tertiary/aromatic N) is 2. The average Bonchev–Trinajstić information content (AvgIpc) is 2.71. The van der Waals surface area contributed by atoms with Crippen LogP contribution in [0.25, 0.3) is 16.6 Å². The van der Waals surface area contributed by atoms with Crippen LogP contribution < -0.4 is 16.2 Å². The highest BCUT2D eigenvalue weighted by Crippen LogP contribution is 2.17. The highest BCUT2D eigenvalue weighted by atomic mass is 35.5. The van der Waals surface area contributed by atoms with E-state index in [0.717, 1.165) is 0 Å². The highest BCUT2D eigenvalue weighted by molar-refractivity contribution is 6.30. The lowest BCUT2D eigenvalue weighted by Crippen LogP contribution is -2.22. The zero-order valence-electron chi connectivity index (χ0n) is 15.5. The van der Waals surface area contributed by atoms with Crippen molar-refractivity contribution in [3.8, 4) is 5.69 Å². The van der Waals surface area contributed by atoms with Crippen molar-refractivity contribution in [2.45, 2.75) is 6.92 Å². The van der Waals surface area contributed by atoms with E-state index < -0.39 is 0 Å². The van der Waals surface area contributed by atoms with Gasteiger partial charge in [-0.3, -0.25) is 9.36 Å². The number of para-hydroxylation sites is 1. The molecule has 144 valence electrons. The maximum atomic E-state index is 12.9. The van der Waals surface area contributed by atoms with E-state index in [9.17, 15) is 9.59 Å². The summed E-state index contributed by atoms with van der Waals surface area (Å²) in [5.41, 5.74) is 2.44. The summed E-state index contributed by atoms with van der Waals surface area (Å²) >= 11 is 5.84. The average molecular weight is 405 g/mol. The number of nitrogens with one attached hydrogen (secondary N) is 2. The molecule has 0 fully saturated rings. The normalized spacial score (nSPS) is 10.7. The molecule has 0 aliphatic carbocycles. The van der Waals surface area contributed by atoms with Gasteiger partial charge in [0.25, 0.3) is 5.56 Å². The van der Waals surface area contributed by atoms with Crippen LogP contribution >= 0.6 is 11.6 Å². The number of hydrogen-bond acceptors (Lipinski definition) is 3. The van der Waals surface area contributed by atoms with Crippen molar-refractivity contribution in [1.82, 2.24) is 9.55 Å². The minimum atomic E-state index is -0.374. The zero-order chi connectivity index (χ0) is 20.4. The molecule has 7 heteroatoms. The third kappa shape index (κ3) is 3.97. The fourth-order valence-electron chi connectivity index (χ4n) is 3.07. The van der Waals surface area contributed by atoms with Crippen LogP contribution in [-0.4, -0.2) is 15.6 Å². The molecule has 0 bridgehead atoms. The van der Waals surface area contributed by atoms with Gasteiger partial charge in [-0.2, -0.15) is 0 Å². The van der Waals surface area contributed by atoms with E-state index in [4.69, 9.17) is 11.6 Å². The number of amides is 2. The van der Waals surface area contributed by atoms with Crippen molar-refractivity contribution >= 4 is 39.9 Å². The molecule has 1 aromatic heterocycles. The Morgan fingerprint density at radius 2 is 1.48 bits per heavy atom. The van der Waals surface area contributed by atoms with Gasteiger partial charge in [0.1, 0.15) is 5.82 Å². The highest BCUT2D eigenvalue weighted by Gasteiger charge is 2.10. The van der Waals surface area contributed by atoms with Crippen molar-refractivity contribution in [3.05, 3.63) is 94.0 Å². The van der Waals surface area contributed by atoms with Crippen LogP contribution in [0.1, 0.15) is 5.82 Å². The molecule has 0 atom stereocenters. The molecule has 3 aromatic carbocycles. The van der Waals surface area contributed by atoms with Gasteiger partial charge in [-0.05, 0) is 67.6 Å². The molecule has 0 spiro atoms. The fraction of sp³-hybridized carbons (Fsp3) is 0.0455. The summed E-state index contributed by atoms with van der Waals surface area (Å²) in [5.74, 6) is 0.592. The third-order valence-electron chi connectivity index (χ3n) is 4.43. The van der Waals surface area contributed by atoms with E-state index in [0.29, 0.717) is 38.8 Å². The van der Waals surface area contributed by atoms with Crippen molar-refractivity contribution < 1.29 is 4.79 Å². The van der Waals surface area contributed by atoms with Crippen molar-refractivity contribution in [2.24, 2.45) is 0 Å². The van der Waals surface area contributed by atoms with Crippen LogP contribution in [0.15, 0.2) is 77.6 Å². The molecule has 29 heavy (non-hydrogen) atoms. The lowest BCUT2D eigenvalue weighted by atomic mass is 10.2. The minimum Gasteiger partial charge on any atom is -0.308 e. The molecule has 4 rings (SSSR count). The molecule has 2 amide bonds. The molecule has 0 radical (unpaired) electrons. The van der Waals surface area contributed by atoms with Gasteiger partial charge >= 0.3 is 6.03 Å². The van der Waals surface area contributed by atoms with E-state index in [1.165, 1.54) is 0 Å². The van der Waals surface area contributed by atoms with Crippen LogP contribution in [0.3, 0.4) is 0 Å². The summed E-state index contributed by atoms with van der Waals surface area (Å²) in [5, 5.41) is 6.64. The number of hydrogen-bond donors (Lipinski definition) is 2. The second kappa shape index (κ2) is 7.77. The van der Waals surface area contributed by atoms with Gasteiger partial charge in [-0.25, -0.2) is 9.78 Å². The number of fused-ring (bicyclic) bond motifs is 1. The van der Waals surface area contributed by atoms with Crippen LogP contribution in [0.2, 0.25) is 5.02 Å². The summed E-state index contributed by atoms with van der Waals surface area (Å²) in [6.45, 7) is 1.79. The number of anilines is 2. The summed E-state index contributed by atoms with van der Waals surface area (Å²) in [4.78, 5) is 29.5. The largest absolute Gasteiger partial charge is 0.323 e. The number of benzene rings is 3. The number of aryl methyl sites for hydroxylation is 1. The number of rotatable bonds is 3. The van der Waals surface area contributed by atoms with Crippen molar-refractivity contribution in [1.29, 1.82) is 0 Å². The number of halogens is 1. The first-order valence-corrected chi connectivity index (χ1v) is 9.31. The summed E-state index contributed by atoms with van der Waals surface area (Å²) in [6, 6.07) is 20.7. The fourth-order valence-corrected chi connectivity index (χ4v) is 3.19. The summed E-state index contributed by atoms with van der Waals surface area (Å²) in [6.07, 6.45) is 0. The maximum Gasteiger partial charge on any atom is 0.323 e. The molecular formula is C22H17ClN4O2. The Bertz CT molecular complexity index is 1250. The Hall–Kier alpha value is -3.64. The predicted molar refractivity (Wildman–Crippen MR) is 116 cm³/mol. The van der Waals surface area contributed by atoms with Gasteiger partial charge in [0.2, 0.25) is 0 Å². The van der Waals surface area contributed by atoms with Gasteiger partial charge in [0, 0.05) is 16.4 Å². The van der Waals surface area contributed by atoms with E-state index in [-0.39, 0.29) is 11.6 Å². The van der Waals surface area contributed by atoms with E-state index >= 15 is 0 Å². The third-order valence-corrected chi connectivity index (χ3v) is 4.68. The number of carbonyl (C=O) groups is 1. The number of carbonyl (C=O) groups excluding carboxylic acids is 1. The molecule has 0 aliphatic rings. The quantitative estimate of drug-likeness (QED) is 0.505. The smallest absolute Gasteiger partial charge is 0.308 e. The topological polar surface area (TPSA) is 76.0 Å². The van der Waals surface area contributed by atoms with E-state index in [1.54, 1.807) is 66.1 Å². The molecule has 1 heterocycles. The monoisotopic (exact) mass is 404 g/mol. The van der Waals surface area contributed by atoms with Gasteiger partial charge < -0.3 is 10.6 Å². The first-order valence-electron chi connectivity index (χ1n) is 8.94. The van der Waals surface area contributed by atoms with Gasteiger partial charge in [-0.15, -0.1) is 0 Å². The van der Waals surface area contributed by atoms with E-state index in [2.05, 4.69) is 15.6 Å². The SMILES string of the molecule is Cc1nc2ccccc2c(=O)n1-c1ccc(NC(=O)Nc2ccc(Cl)cc2)cc1. The first-order chi connectivity index (χ1) is 14.0. The summed E-state index contributed by atoms with van der Waals surface area (Å²) in [7, 11) is 0. The van der Waals surface area contributed by atoms with Gasteiger partial charge in [0.05, 0.1) is 16.6 Å². The molecule has 6 nitrogen and oxygen atoms in total. The van der Waals surface area contributed by atoms with Crippen LogP contribution in [-0.2, 0) is 0 Å². The summed E-state index contributed by atoms with van der Waals surface area (Å²) < 4.78 is 1.56. The molecule has 0 aliphatic heterocycles. The Morgan fingerprint density at radius 3 is 2.14 bits per heavy atom. The second-order valence-corrected chi connectivity index (χ2v) is 6.89. The van der Waals surface area contributed by atoms with Gasteiger partial charge in [0.15, 0.2) is 0 Å². The number of urea groups is 1. The Labute approximate surface area is 171 Å². The van der Waals surface area contributed by atoms with Gasteiger partial charge in [-0.1, -0.05) is 23.7 Å². The molecule has 0 saturated heterocycles. The molecule has 0 unspecified atom stereocenters. The molecule has 4 aromatic rings. The minimum absolute atomic E-state index is 0.130. The maximum absolute atomic E-state index is 12.9. The Kier molecular flexibility index (Phi) is 5.01. The standard InChI is InChI=1S/C22H17ClN4O2/c1-14-24-20-5-3-2-4-19(20)21(28)27(14)18-12-10-17(11-13-18)26-22(29)25-16-8-6-15(23)7-9-16/h2-13H,1H3,(H2,25,26,29). The second-order valence-electron chi connectivity index (χ2n) is 6.45. The lowest BCUT2D eigenvalue weighted by Gasteiger charge is -2.12. The van der Waals surface area contributed by atoms with Crippen molar-refractivity contribution in [2.75, 3.05) is 10.6 Å².